The largest absolute Gasteiger partial charge is 0.481 e. The average molecular weight is 456 g/mol. The van der Waals surface area contributed by atoms with Crippen molar-refractivity contribution in [2.24, 2.45) is 5.92 Å². The third-order valence-electron chi connectivity index (χ3n) is 5.74. The second kappa shape index (κ2) is 9.76. The molecule has 1 heterocycles. The molecule has 4 rings (SSSR count). The first-order valence-corrected chi connectivity index (χ1v) is 10.6. The highest BCUT2D eigenvalue weighted by atomic mass is 19.1. The van der Waals surface area contributed by atoms with Crippen molar-refractivity contribution in [1.29, 1.82) is 0 Å². The van der Waals surface area contributed by atoms with Gasteiger partial charge in [-0.25, -0.2) is 8.78 Å². The highest BCUT2D eigenvalue weighted by molar-refractivity contribution is 6.00. The molecular formula is C23H22F2N4O4. The van der Waals surface area contributed by atoms with Gasteiger partial charge in [0.05, 0.1) is 5.69 Å². The van der Waals surface area contributed by atoms with Gasteiger partial charge in [-0.05, 0) is 67.3 Å². The Hall–Kier alpha value is -3.82. The summed E-state index contributed by atoms with van der Waals surface area (Å²) < 4.78 is 31.9. The lowest BCUT2D eigenvalue weighted by atomic mass is 9.77. The number of carbonyl (C=O) groups is 2. The van der Waals surface area contributed by atoms with Gasteiger partial charge in [-0.15, -0.1) is 5.10 Å². The van der Waals surface area contributed by atoms with E-state index in [4.69, 9.17) is 9.52 Å². The van der Waals surface area contributed by atoms with Crippen molar-refractivity contribution in [3.8, 4) is 0 Å². The van der Waals surface area contributed by atoms with Crippen LogP contribution in [-0.2, 0) is 4.79 Å². The number of nitrogens with one attached hydrogen (secondary N) is 2. The molecule has 8 nitrogen and oxygen atoms in total. The Bertz CT molecular complexity index is 1140. The van der Waals surface area contributed by atoms with Crippen molar-refractivity contribution in [2.45, 2.75) is 38.0 Å². The molecule has 0 spiro atoms. The molecule has 1 saturated carbocycles. The van der Waals surface area contributed by atoms with Crippen LogP contribution in [0.1, 0.15) is 54.3 Å². The van der Waals surface area contributed by atoms with Gasteiger partial charge in [0.15, 0.2) is 0 Å². The van der Waals surface area contributed by atoms with Crippen LogP contribution in [0.25, 0.3) is 0 Å². The molecule has 33 heavy (non-hydrogen) atoms. The monoisotopic (exact) mass is 456 g/mol. The first kappa shape index (κ1) is 22.4. The average Bonchev–Trinajstić information content (AvgIpc) is 3.25. The quantitative estimate of drug-likeness (QED) is 0.453. The predicted molar refractivity (Wildman–Crippen MR) is 115 cm³/mol. The molecule has 1 aromatic heterocycles. The van der Waals surface area contributed by atoms with Gasteiger partial charge >= 0.3 is 23.8 Å². The zero-order valence-corrected chi connectivity index (χ0v) is 17.6. The molecule has 0 saturated heterocycles. The summed E-state index contributed by atoms with van der Waals surface area (Å²) in [5, 5.41) is 21.4. The number of carboxylic acid groups (broad SMARTS) is 1. The van der Waals surface area contributed by atoms with Crippen LogP contribution in [0, 0.1) is 17.6 Å². The Morgan fingerprint density at radius 1 is 1.03 bits per heavy atom. The summed E-state index contributed by atoms with van der Waals surface area (Å²) in [5.41, 5.74) is 1.62. The Balaban J connectivity index is 1.32. The van der Waals surface area contributed by atoms with E-state index in [2.05, 4.69) is 20.8 Å². The van der Waals surface area contributed by atoms with Crippen molar-refractivity contribution >= 4 is 29.3 Å². The van der Waals surface area contributed by atoms with Gasteiger partial charge in [0, 0.05) is 18.2 Å². The van der Waals surface area contributed by atoms with Crippen LogP contribution in [0.3, 0.4) is 0 Å². The van der Waals surface area contributed by atoms with Gasteiger partial charge in [-0.3, -0.25) is 9.59 Å². The number of anilines is 3. The smallest absolute Gasteiger partial charge is 0.320 e. The molecule has 3 N–H and O–H groups in total. The van der Waals surface area contributed by atoms with Crippen LogP contribution in [0.15, 0.2) is 46.9 Å². The molecular weight excluding hydrogens is 434 g/mol. The van der Waals surface area contributed by atoms with E-state index in [-0.39, 0.29) is 29.9 Å². The van der Waals surface area contributed by atoms with E-state index < -0.39 is 23.5 Å². The number of aromatic nitrogens is 2. The minimum Gasteiger partial charge on any atom is -0.481 e. The van der Waals surface area contributed by atoms with Crippen molar-refractivity contribution in [1.82, 2.24) is 10.2 Å². The molecule has 10 heteroatoms. The van der Waals surface area contributed by atoms with Gasteiger partial charge in [-0.2, -0.15) is 0 Å². The molecule has 1 aliphatic carbocycles. The molecule has 0 unspecified atom stereocenters. The van der Waals surface area contributed by atoms with E-state index >= 15 is 0 Å². The summed E-state index contributed by atoms with van der Waals surface area (Å²) in [6.45, 7) is 0. The van der Waals surface area contributed by atoms with E-state index in [0.717, 1.165) is 37.3 Å². The number of hydrogen-bond donors (Lipinski definition) is 3. The number of carbonyl (C=O) groups excluding carboxylic acids is 1. The molecule has 3 aromatic rings. The van der Waals surface area contributed by atoms with Gasteiger partial charge in [0.1, 0.15) is 11.6 Å². The molecule has 0 bridgehead atoms. The fourth-order valence-electron chi connectivity index (χ4n) is 4.04. The normalized spacial score (nSPS) is 18.0. The first-order chi connectivity index (χ1) is 15.9. The number of carboxylic acids is 1. The highest BCUT2D eigenvalue weighted by Crippen LogP contribution is 2.37. The molecule has 1 amide bonds. The lowest BCUT2D eigenvalue weighted by Crippen LogP contribution is -2.16. The Labute approximate surface area is 188 Å². The fourth-order valence-corrected chi connectivity index (χ4v) is 4.04. The predicted octanol–water partition coefficient (Wildman–Crippen LogP) is 5.09. The molecule has 0 atom stereocenters. The third kappa shape index (κ3) is 5.71. The summed E-state index contributed by atoms with van der Waals surface area (Å²) in [5.74, 6) is -2.64. The van der Waals surface area contributed by atoms with E-state index in [1.54, 1.807) is 12.1 Å². The number of aliphatic carboxylic acids is 1. The Kier molecular flexibility index (Phi) is 6.62. The van der Waals surface area contributed by atoms with Gasteiger partial charge in [0.25, 0.3) is 0 Å². The lowest BCUT2D eigenvalue weighted by molar-refractivity contribution is -0.138. The number of benzene rings is 2. The Morgan fingerprint density at radius 2 is 1.76 bits per heavy atom. The van der Waals surface area contributed by atoms with Crippen molar-refractivity contribution < 1.29 is 27.9 Å². The van der Waals surface area contributed by atoms with Gasteiger partial charge < -0.3 is 20.2 Å². The standard InChI is InChI=1S/C23H22F2N4O4/c24-16-7-10-19(18(25)12-16)27-23-29-28-22(33-23)21(32)26-17-8-5-15(6-9-17)14-3-1-13(2-4-14)11-20(30)31/h5-10,12-14H,1-4,11H2,(H,26,32)(H,27,29)(H,30,31). The van der Waals surface area contributed by atoms with E-state index in [1.807, 2.05) is 12.1 Å². The van der Waals surface area contributed by atoms with E-state index in [0.29, 0.717) is 17.7 Å². The van der Waals surface area contributed by atoms with Crippen LogP contribution < -0.4 is 10.6 Å². The fraction of sp³-hybridized carbons (Fsp3) is 0.304. The maximum atomic E-state index is 13.7. The van der Waals surface area contributed by atoms with Crippen molar-refractivity contribution in [3.63, 3.8) is 0 Å². The SMILES string of the molecule is O=C(O)CC1CCC(c2ccc(NC(=O)c3nnc(Nc4ccc(F)cc4F)o3)cc2)CC1. The highest BCUT2D eigenvalue weighted by Gasteiger charge is 2.24. The van der Waals surface area contributed by atoms with Crippen LogP contribution in [-0.4, -0.2) is 27.2 Å². The van der Waals surface area contributed by atoms with E-state index in [1.165, 1.54) is 6.07 Å². The molecule has 1 fully saturated rings. The topological polar surface area (TPSA) is 117 Å². The molecule has 1 aliphatic rings. The van der Waals surface area contributed by atoms with Crippen LogP contribution in [0.2, 0.25) is 0 Å². The third-order valence-corrected chi connectivity index (χ3v) is 5.74. The number of nitrogens with zero attached hydrogens (tertiary/aromatic N) is 2. The summed E-state index contributed by atoms with van der Waals surface area (Å²) >= 11 is 0. The zero-order valence-electron chi connectivity index (χ0n) is 17.6. The second-order valence-electron chi connectivity index (χ2n) is 8.05. The van der Waals surface area contributed by atoms with Crippen molar-refractivity contribution in [3.05, 3.63) is 65.6 Å². The number of rotatable bonds is 7. The van der Waals surface area contributed by atoms with Crippen LogP contribution in [0.4, 0.5) is 26.2 Å². The minimum absolute atomic E-state index is 0.0698. The summed E-state index contributed by atoms with van der Waals surface area (Å²) in [4.78, 5) is 23.3. The Morgan fingerprint density at radius 3 is 2.42 bits per heavy atom. The maximum absolute atomic E-state index is 13.7. The van der Waals surface area contributed by atoms with E-state index in [9.17, 15) is 18.4 Å². The first-order valence-electron chi connectivity index (χ1n) is 10.6. The maximum Gasteiger partial charge on any atom is 0.320 e. The number of hydrogen-bond acceptors (Lipinski definition) is 6. The van der Waals surface area contributed by atoms with Crippen LogP contribution in [0.5, 0.6) is 0 Å². The van der Waals surface area contributed by atoms with Gasteiger partial charge in [0.2, 0.25) is 0 Å². The van der Waals surface area contributed by atoms with Crippen molar-refractivity contribution in [2.75, 3.05) is 10.6 Å². The number of halogens is 2. The summed E-state index contributed by atoms with van der Waals surface area (Å²) in [6, 6.07) is 10.2. The minimum atomic E-state index is -0.838. The molecule has 0 aliphatic heterocycles. The summed E-state index contributed by atoms with van der Waals surface area (Å²) in [6.07, 6.45) is 3.89. The van der Waals surface area contributed by atoms with Gasteiger partial charge in [-0.1, -0.05) is 17.2 Å². The molecule has 2 aromatic carbocycles. The second-order valence-corrected chi connectivity index (χ2v) is 8.05. The summed E-state index contributed by atoms with van der Waals surface area (Å²) in [7, 11) is 0. The zero-order chi connectivity index (χ0) is 23.4. The molecule has 0 radical (unpaired) electrons. The van der Waals surface area contributed by atoms with Crippen LogP contribution >= 0.6 is 0 Å². The lowest BCUT2D eigenvalue weighted by Gasteiger charge is -2.28. The molecule has 172 valence electrons. The number of amides is 1.